The van der Waals surface area contributed by atoms with Crippen molar-refractivity contribution in [2.24, 2.45) is 0 Å². The van der Waals surface area contributed by atoms with Crippen molar-refractivity contribution in [2.75, 3.05) is 6.61 Å². The molecule has 2 unspecified atom stereocenters. The van der Waals surface area contributed by atoms with Gasteiger partial charge in [-0.05, 0) is 34.0 Å². The number of nitrogens with one attached hydrogen (secondary N) is 1. The fraction of sp³-hybridized carbons (Fsp3) is 0.312. The van der Waals surface area contributed by atoms with Gasteiger partial charge in [0.2, 0.25) is 0 Å². The van der Waals surface area contributed by atoms with Crippen LogP contribution in [0.3, 0.4) is 0 Å². The normalized spacial score (nSPS) is 13.8. The average Bonchev–Trinajstić information content (AvgIpc) is 2.53. The van der Waals surface area contributed by atoms with E-state index in [0.717, 1.165) is 5.56 Å². The molecule has 0 amide bonds. The van der Waals surface area contributed by atoms with Gasteiger partial charge < -0.3 is 15.5 Å². The van der Waals surface area contributed by atoms with E-state index in [9.17, 15) is 14.6 Å². The topological polar surface area (TPSA) is 65.4 Å². The maximum Gasteiger partial charge on any atom is 0.147 e. The van der Waals surface area contributed by atoms with Crippen molar-refractivity contribution < 1.29 is 14.6 Å². The molecule has 0 fully saturated rings. The predicted octanol–water partition coefficient (Wildman–Crippen LogP) is 2.56. The molecule has 118 valence electrons. The highest BCUT2D eigenvalue weighted by atomic mass is 79.9. The van der Waals surface area contributed by atoms with Crippen LogP contribution in [0.2, 0.25) is 0 Å². The number of rotatable bonds is 7. The Morgan fingerprint density at radius 1 is 1.27 bits per heavy atom. The molecule has 0 saturated heterocycles. The smallest absolute Gasteiger partial charge is 0.147 e. The van der Waals surface area contributed by atoms with Gasteiger partial charge in [-0.25, -0.2) is 4.39 Å². The summed E-state index contributed by atoms with van der Waals surface area (Å²) in [5.41, 5.74) is 1.06. The van der Waals surface area contributed by atoms with E-state index in [4.69, 9.17) is 0 Å². The summed E-state index contributed by atoms with van der Waals surface area (Å²) in [5.74, 6) is -0.415. The Balaban J connectivity index is 1.92. The molecule has 2 aromatic rings. The Morgan fingerprint density at radius 2 is 2.00 bits per heavy atom. The third-order valence-electron chi connectivity index (χ3n) is 3.35. The summed E-state index contributed by atoms with van der Waals surface area (Å²) < 4.78 is 14.3. The zero-order chi connectivity index (χ0) is 15.9. The van der Waals surface area contributed by atoms with Gasteiger partial charge in [0.25, 0.3) is 0 Å². The molecule has 0 spiro atoms. The van der Waals surface area contributed by atoms with Crippen LogP contribution in [0.25, 0.3) is 0 Å². The van der Waals surface area contributed by atoms with Gasteiger partial charge in [-0.3, -0.25) is 4.98 Å². The molecule has 1 heterocycles. The van der Waals surface area contributed by atoms with Crippen molar-refractivity contribution >= 4 is 15.9 Å². The lowest BCUT2D eigenvalue weighted by Gasteiger charge is -2.20. The second kappa shape index (κ2) is 8.33. The second-order valence-electron chi connectivity index (χ2n) is 5.00. The van der Waals surface area contributed by atoms with Crippen LogP contribution in [0.15, 0.2) is 47.1 Å². The molecule has 0 aliphatic rings. The molecule has 6 heteroatoms. The summed E-state index contributed by atoms with van der Waals surface area (Å²) >= 11 is 3.15. The summed E-state index contributed by atoms with van der Waals surface area (Å²) in [6.07, 6.45) is 1.17. The van der Waals surface area contributed by atoms with E-state index in [1.165, 1.54) is 12.3 Å². The van der Waals surface area contributed by atoms with E-state index in [1.807, 2.05) is 30.3 Å². The zero-order valence-electron chi connectivity index (χ0n) is 11.9. The van der Waals surface area contributed by atoms with Gasteiger partial charge in [0.05, 0.1) is 18.4 Å². The zero-order valence-corrected chi connectivity index (χ0v) is 13.5. The number of pyridine rings is 1. The second-order valence-corrected chi connectivity index (χ2v) is 5.92. The van der Waals surface area contributed by atoms with E-state index >= 15 is 0 Å². The molecule has 0 aliphatic heterocycles. The van der Waals surface area contributed by atoms with Crippen LogP contribution in [0, 0.1) is 5.82 Å². The maximum atomic E-state index is 13.7. The van der Waals surface area contributed by atoms with E-state index in [2.05, 4.69) is 26.2 Å². The number of nitrogens with zero attached hydrogens (tertiary/aromatic N) is 1. The minimum absolute atomic E-state index is 0.151. The van der Waals surface area contributed by atoms with E-state index in [-0.39, 0.29) is 24.9 Å². The first kappa shape index (κ1) is 17.0. The van der Waals surface area contributed by atoms with Gasteiger partial charge in [-0.1, -0.05) is 30.3 Å². The lowest BCUT2D eigenvalue weighted by molar-refractivity contribution is 0.128. The fourth-order valence-corrected chi connectivity index (χ4v) is 2.42. The van der Waals surface area contributed by atoms with Crippen LogP contribution in [-0.4, -0.2) is 27.8 Å². The van der Waals surface area contributed by atoms with Crippen LogP contribution in [-0.2, 0) is 6.54 Å². The summed E-state index contributed by atoms with van der Waals surface area (Å²) in [5, 5.41) is 22.6. The Labute approximate surface area is 137 Å². The number of aromatic nitrogens is 1. The molecular weight excluding hydrogens is 351 g/mol. The van der Waals surface area contributed by atoms with Gasteiger partial charge in [0.15, 0.2) is 0 Å². The van der Waals surface area contributed by atoms with Crippen LogP contribution in [0.1, 0.15) is 23.8 Å². The first-order chi connectivity index (χ1) is 10.6. The quantitative estimate of drug-likeness (QED) is 0.702. The highest BCUT2D eigenvalue weighted by molar-refractivity contribution is 9.10. The van der Waals surface area contributed by atoms with E-state index in [1.54, 1.807) is 0 Å². The Morgan fingerprint density at radius 3 is 2.64 bits per heavy atom. The molecule has 2 rings (SSSR count). The van der Waals surface area contributed by atoms with Crippen molar-refractivity contribution in [3.8, 4) is 0 Å². The van der Waals surface area contributed by atoms with Gasteiger partial charge in [-0.15, -0.1) is 0 Å². The summed E-state index contributed by atoms with van der Waals surface area (Å²) in [6.45, 7) is 0.0356. The number of aliphatic hydroxyl groups is 2. The lowest BCUT2D eigenvalue weighted by atomic mass is 10.0. The first-order valence-corrected chi connectivity index (χ1v) is 7.76. The Bertz CT molecular complexity index is 598. The van der Waals surface area contributed by atoms with Crippen molar-refractivity contribution in [2.45, 2.75) is 25.1 Å². The molecular formula is C16H18BrFN2O2. The van der Waals surface area contributed by atoms with Crippen molar-refractivity contribution in [3.63, 3.8) is 0 Å². The Kier molecular flexibility index (Phi) is 6.45. The number of hydrogen-bond acceptors (Lipinski definition) is 4. The highest BCUT2D eigenvalue weighted by Crippen LogP contribution is 2.18. The molecule has 0 aliphatic carbocycles. The lowest BCUT2D eigenvalue weighted by Crippen LogP contribution is -2.34. The largest absolute Gasteiger partial charge is 0.395 e. The fourth-order valence-electron chi connectivity index (χ4n) is 2.12. The molecule has 0 saturated carbocycles. The van der Waals surface area contributed by atoms with Crippen LogP contribution in [0.5, 0.6) is 0 Å². The number of halogens is 2. The SMILES string of the molecule is OCC(CC(O)c1ccccc1)NCc1ncc(Br)cc1F. The van der Waals surface area contributed by atoms with Gasteiger partial charge in [-0.2, -0.15) is 0 Å². The van der Waals surface area contributed by atoms with Crippen LogP contribution in [0.4, 0.5) is 4.39 Å². The summed E-state index contributed by atoms with van der Waals surface area (Å²) in [6, 6.07) is 10.2. The molecule has 0 bridgehead atoms. The molecule has 1 aromatic carbocycles. The van der Waals surface area contributed by atoms with Crippen molar-refractivity contribution in [3.05, 3.63) is 64.1 Å². The first-order valence-electron chi connectivity index (χ1n) is 6.97. The minimum Gasteiger partial charge on any atom is -0.395 e. The molecule has 22 heavy (non-hydrogen) atoms. The minimum atomic E-state index is -0.687. The molecule has 2 atom stereocenters. The highest BCUT2D eigenvalue weighted by Gasteiger charge is 2.16. The number of aliphatic hydroxyl groups excluding tert-OH is 2. The summed E-state index contributed by atoms with van der Waals surface area (Å²) in [4.78, 5) is 3.99. The Hall–Kier alpha value is -1.34. The van der Waals surface area contributed by atoms with Gasteiger partial charge in [0, 0.05) is 23.3 Å². The predicted molar refractivity (Wildman–Crippen MR) is 85.6 cm³/mol. The van der Waals surface area contributed by atoms with Gasteiger partial charge in [0.1, 0.15) is 5.82 Å². The van der Waals surface area contributed by atoms with E-state index in [0.29, 0.717) is 10.9 Å². The van der Waals surface area contributed by atoms with Crippen molar-refractivity contribution in [1.82, 2.24) is 10.3 Å². The monoisotopic (exact) mass is 368 g/mol. The molecule has 0 radical (unpaired) electrons. The number of hydrogen-bond donors (Lipinski definition) is 3. The van der Waals surface area contributed by atoms with E-state index < -0.39 is 11.9 Å². The third-order valence-corrected chi connectivity index (χ3v) is 3.79. The van der Waals surface area contributed by atoms with Gasteiger partial charge >= 0.3 is 0 Å². The van der Waals surface area contributed by atoms with Crippen LogP contribution < -0.4 is 5.32 Å². The molecule has 4 nitrogen and oxygen atoms in total. The number of benzene rings is 1. The average molecular weight is 369 g/mol. The van der Waals surface area contributed by atoms with Crippen molar-refractivity contribution in [1.29, 1.82) is 0 Å². The summed E-state index contributed by atoms with van der Waals surface area (Å²) in [7, 11) is 0. The third kappa shape index (κ3) is 4.84. The standard InChI is InChI=1S/C16H18BrFN2O2/c17-12-6-14(18)15(20-8-12)9-19-13(10-21)7-16(22)11-4-2-1-3-5-11/h1-6,8,13,16,19,21-22H,7,9-10H2. The van der Waals surface area contributed by atoms with Crippen LogP contribution >= 0.6 is 15.9 Å². The maximum absolute atomic E-state index is 13.7. The molecule has 3 N–H and O–H groups in total. The molecule has 1 aromatic heterocycles.